The zero-order chi connectivity index (χ0) is 11.8. The monoisotopic (exact) mass is 253 g/mol. The fraction of sp³-hybridized carbons (Fsp3) is 0.583. The van der Waals surface area contributed by atoms with Gasteiger partial charge < -0.3 is 5.11 Å². The molecule has 1 aromatic rings. The van der Waals surface area contributed by atoms with Crippen LogP contribution in [0.5, 0.6) is 0 Å². The maximum atomic E-state index is 12.1. The van der Waals surface area contributed by atoms with Crippen molar-refractivity contribution in [3.8, 4) is 0 Å². The molecule has 1 saturated heterocycles. The molecule has 0 aromatic carbocycles. The third-order valence-electron chi connectivity index (χ3n) is 3.23. The molecule has 1 amide bonds. The maximum Gasteiger partial charge on any atom is 0.287 e. The molecule has 4 nitrogen and oxygen atoms in total. The second kappa shape index (κ2) is 4.40. The molecule has 0 unspecified atom stereocenters. The number of fused-ring (bicyclic) bond motifs is 1. The molecule has 0 bridgehead atoms. The highest BCUT2D eigenvalue weighted by atomic mass is 32.1. The number of thiophene rings is 1. The van der Waals surface area contributed by atoms with Gasteiger partial charge in [-0.25, -0.2) is 5.06 Å². The fourth-order valence-electron chi connectivity index (χ4n) is 2.33. The van der Waals surface area contributed by atoms with Crippen molar-refractivity contribution in [3.63, 3.8) is 0 Å². The molecular weight excluding hydrogens is 238 g/mol. The molecule has 3 rings (SSSR count). The molecule has 1 aromatic heterocycles. The Morgan fingerprint density at radius 2 is 2.29 bits per heavy atom. The summed E-state index contributed by atoms with van der Waals surface area (Å²) < 4.78 is 0. The normalized spacial score (nSPS) is 23.8. The number of β-amino-alcohol motifs (C(OH)–C–C–N with tert-alkyl or cyclic N) is 1. The van der Waals surface area contributed by atoms with Crippen LogP contribution in [0.15, 0.2) is 6.07 Å². The molecule has 92 valence electrons. The molecule has 5 heteroatoms. The lowest BCUT2D eigenvalue weighted by atomic mass is 9.99. The van der Waals surface area contributed by atoms with E-state index < -0.39 is 6.10 Å². The van der Waals surface area contributed by atoms with Crippen LogP contribution in [-0.2, 0) is 17.7 Å². The summed E-state index contributed by atoms with van der Waals surface area (Å²) in [6, 6.07) is 2.00. The molecule has 1 aliphatic heterocycles. The quantitative estimate of drug-likeness (QED) is 0.822. The van der Waals surface area contributed by atoms with Crippen LogP contribution in [0.3, 0.4) is 0 Å². The van der Waals surface area contributed by atoms with Crippen LogP contribution in [-0.4, -0.2) is 35.3 Å². The first-order valence-electron chi connectivity index (χ1n) is 5.98. The summed E-state index contributed by atoms with van der Waals surface area (Å²) in [5.41, 5.74) is 1.32. The molecule has 0 saturated carbocycles. The second-order valence-electron chi connectivity index (χ2n) is 4.58. The Morgan fingerprint density at radius 3 is 3.00 bits per heavy atom. The lowest BCUT2D eigenvalue weighted by Gasteiger charge is -2.11. The fourth-order valence-corrected chi connectivity index (χ4v) is 3.53. The van der Waals surface area contributed by atoms with Crippen LogP contribution >= 0.6 is 11.3 Å². The minimum atomic E-state index is -0.548. The van der Waals surface area contributed by atoms with Gasteiger partial charge in [-0.3, -0.25) is 9.63 Å². The largest absolute Gasteiger partial charge is 0.389 e. The number of carbonyl (C=O) groups excluding carboxylic acids is 1. The van der Waals surface area contributed by atoms with Gasteiger partial charge in [-0.2, -0.15) is 0 Å². The van der Waals surface area contributed by atoms with Crippen molar-refractivity contribution in [1.82, 2.24) is 5.06 Å². The number of hydroxylamine groups is 2. The Morgan fingerprint density at radius 1 is 1.47 bits per heavy atom. The predicted molar refractivity (Wildman–Crippen MR) is 64.0 cm³/mol. The van der Waals surface area contributed by atoms with E-state index >= 15 is 0 Å². The van der Waals surface area contributed by atoms with Crippen molar-refractivity contribution in [2.24, 2.45) is 0 Å². The third kappa shape index (κ3) is 2.10. The zero-order valence-corrected chi connectivity index (χ0v) is 10.3. The minimum Gasteiger partial charge on any atom is -0.389 e. The van der Waals surface area contributed by atoms with Crippen molar-refractivity contribution in [1.29, 1.82) is 0 Å². The van der Waals surface area contributed by atoms with Crippen LogP contribution in [0.25, 0.3) is 0 Å². The molecule has 0 radical (unpaired) electrons. The van der Waals surface area contributed by atoms with Crippen LogP contribution < -0.4 is 0 Å². The summed E-state index contributed by atoms with van der Waals surface area (Å²) in [7, 11) is 0. The van der Waals surface area contributed by atoms with E-state index in [1.807, 2.05) is 6.07 Å². The van der Waals surface area contributed by atoms with E-state index in [1.165, 1.54) is 28.3 Å². The smallest absolute Gasteiger partial charge is 0.287 e. The van der Waals surface area contributed by atoms with Gasteiger partial charge in [-0.15, -0.1) is 11.3 Å². The number of rotatable bonds is 1. The molecule has 17 heavy (non-hydrogen) atoms. The Labute approximate surface area is 104 Å². The van der Waals surface area contributed by atoms with Gasteiger partial charge in [0.1, 0.15) is 12.7 Å². The average Bonchev–Trinajstić information content (AvgIpc) is 2.93. The highest BCUT2D eigenvalue weighted by Crippen LogP contribution is 2.30. The van der Waals surface area contributed by atoms with E-state index in [1.54, 1.807) is 11.3 Å². The van der Waals surface area contributed by atoms with Crippen molar-refractivity contribution in [3.05, 3.63) is 21.4 Å². The number of nitrogens with zero attached hydrogens (tertiary/aromatic N) is 1. The van der Waals surface area contributed by atoms with Gasteiger partial charge >= 0.3 is 0 Å². The Balaban J connectivity index is 1.79. The van der Waals surface area contributed by atoms with Crippen LogP contribution in [0.4, 0.5) is 0 Å². The molecule has 2 aliphatic rings. The van der Waals surface area contributed by atoms with Gasteiger partial charge in [0.25, 0.3) is 5.91 Å². The number of hydrogen-bond acceptors (Lipinski definition) is 4. The summed E-state index contributed by atoms with van der Waals surface area (Å²) >= 11 is 1.58. The topological polar surface area (TPSA) is 49.8 Å². The molecule has 1 aliphatic carbocycles. The highest BCUT2D eigenvalue weighted by Gasteiger charge is 2.28. The SMILES string of the molecule is O=C(c1cc2c(s1)CCCC2)N1C[C@@H](O)CO1. The molecule has 1 N–H and O–H groups in total. The lowest BCUT2D eigenvalue weighted by Crippen LogP contribution is -2.27. The molecule has 2 heterocycles. The van der Waals surface area contributed by atoms with E-state index in [2.05, 4.69) is 0 Å². The van der Waals surface area contributed by atoms with E-state index in [0.29, 0.717) is 0 Å². The minimum absolute atomic E-state index is 0.110. The Bertz CT molecular complexity index is 419. The first-order valence-corrected chi connectivity index (χ1v) is 6.80. The number of carbonyl (C=O) groups is 1. The molecule has 1 atom stereocenters. The predicted octanol–water partition coefficient (Wildman–Crippen LogP) is 1.38. The van der Waals surface area contributed by atoms with E-state index in [9.17, 15) is 9.90 Å². The molecule has 0 spiro atoms. The number of hydrogen-bond donors (Lipinski definition) is 1. The average molecular weight is 253 g/mol. The summed E-state index contributed by atoms with van der Waals surface area (Å²) in [5.74, 6) is -0.110. The number of aliphatic hydroxyl groups is 1. The standard InChI is InChI=1S/C12H15NO3S/c14-9-6-13(16-7-9)12(15)11-5-8-3-1-2-4-10(8)17-11/h5,9,14H,1-4,6-7H2/t9-/m1/s1. The zero-order valence-electron chi connectivity index (χ0n) is 9.52. The first kappa shape index (κ1) is 11.2. The van der Waals surface area contributed by atoms with E-state index in [4.69, 9.17) is 4.84 Å². The summed E-state index contributed by atoms with van der Waals surface area (Å²) in [6.45, 7) is 0.498. The third-order valence-corrected chi connectivity index (χ3v) is 4.46. The van der Waals surface area contributed by atoms with Crippen LogP contribution in [0.1, 0.15) is 33.0 Å². The van der Waals surface area contributed by atoms with E-state index in [-0.39, 0.29) is 19.1 Å². The van der Waals surface area contributed by atoms with Gasteiger partial charge in [0.15, 0.2) is 0 Å². The van der Waals surface area contributed by atoms with Crippen LogP contribution in [0, 0.1) is 0 Å². The van der Waals surface area contributed by atoms with Gasteiger partial charge in [0.2, 0.25) is 0 Å². The van der Waals surface area contributed by atoms with Gasteiger partial charge in [-0.1, -0.05) is 0 Å². The lowest BCUT2D eigenvalue weighted by molar-refractivity contribution is -0.0776. The van der Waals surface area contributed by atoms with E-state index in [0.717, 1.165) is 17.7 Å². The van der Waals surface area contributed by atoms with Crippen molar-refractivity contribution < 1.29 is 14.7 Å². The Kier molecular flexibility index (Phi) is 2.90. The van der Waals surface area contributed by atoms with Gasteiger partial charge in [-0.05, 0) is 37.3 Å². The Hall–Kier alpha value is -0.910. The number of aryl methyl sites for hydroxylation is 2. The maximum absolute atomic E-state index is 12.1. The van der Waals surface area contributed by atoms with Crippen molar-refractivity contribution in [2.75, 3.05) is 13.2 Å². The summed E-state index contributed by atoms with van der Waals surface area (Å²) in [4.78, 5) is 19.4. The molecule has 1 fully saturated rings. The first-order chi connectivity index (χ1) is 8.24. The summed E-state index contributed by atoms with van der Waals surface area (Å²) in [6.07, 6.45) is 4.07. The highest BCUT2D eigenvalue weighted by molar-refractivity contribution is 7.14. The number of amides is 1. The van der Waals surface area contributed by atoms with Gasteiger partial charge in [0.05, 0.1) is 11.4 Å². The summed E-state index contributed by atoms with van der Waals surface area (Å²) in [5, 5.41) is 10.6. The van der Waals surface area contributed by atoms with Gasteiger partial charge in [0, 0.05) is 4.88 Å². The molecular formula is C12H15NO3S. The van der Waals surface area contributed by atoms with Crippen LogP contribution in [0.2, 0.25) is 0 Å². The second-order valence-corrected chi connectivity index (χ2v) is 5.72. The van der Waals surface area contributed by atoms with Crippen molar-refractivity contribution in [2.45, 2.75) is 31.8 Å². The number of aliphatic hydroxyl groups excluding tert-OH is 1. The van der Waals surface area contributed by atoms with Crippen molar-refractivity contribution >= 4 is 17.2 Å².